The van der Waals surface area contributed by atoms with Crippen molar-refractivity contribution in [2.75, 3.05) is 26.3 Å². The summed E-state index contributed by atoms with van der Waals surface area (Å²) in [7, 11) is 2.34. The van der Waals surface area contributed by atoms with Crippen molar-refractivity contribution in [1.82, 2.24) is 4.98 Å². The molecule has 0 unspecified atom stereocenters. The fourth-order valence-electron chi connectivity index (χ4n) is 2.11. The Balaban J connectivity index is 2.43. The number of amides is 1. The maximum atomic E-state index is 14.1. The van der Waals surface area contributed by atoms with Crippen molar-refractivity contribution >= 4 is 40.2 Å². The Morgan fingerprint density at radius 1 is 1.21 bits per heavy atom. The highest BCUT2D eigenvalue weighted by Crippen LogP contribution is 2.36. The number of aromatic nitrogens is 1. The molecule has 0 atom stereocenters. The van der Waals surface area contributed by atoms with E-state index < -0.39 is 47.5 Å². The summed E-state index contributed by atoms with van der Waals surface area (Å²) in [5, 5.41) is 2.36. The van der Waals surface area contributed by atoms with Gasteiger partial charge in [-0.15, -0.1) is 0 Å². The summed E-state index contributed by atoms with van der Waals surface area (Å²) in [6, 6.07) is 2.37. The molecule has 0 aliphatic carbocycles. The van der Waals surface area contributed by atoms with Crippen LogP contribution in [0.3, 0.4) is 0 Å². The Bertz CT molecular complexity index is 937. The Kier molecular flexibility index (Phi) is 7.35. The van der Waals surface area contributed by atoms with Crippen LogP contribution in [0.25, 0.3) is 0 Å². The first-order valence-electron chi connectivity index (χ1n) is 7.66. The highest BCUT2D eigenvalue weighted by Gasteiger charge is 2.37. The van der Waals surface area contributed by atoms with Gasteiger partial charge in [0.15, 0.2) is 18.4 Å². The molecule has 0 aliphatic rings. The van der Waals surface area contributed by atoms with Crippen LogP contribution in [0.15, 0.2) is 24.4 Å². The highest BCUT2D eigenvalue weighted by molar-refractivity contribution is 14.1. The average Bonchev–Trinajstić information content (AvgIpc) is 2.67. The molecule has 0 bridgehead atoms. The largest absolute Gasteiger partial charge is 0.464 e. The van der Waals surface area contributed by atoms with Gasteiger partial charge < -0.3 is 19.5 Å². The first kappa shape index (κ1) is 22.8. The summed E-state index contributed by atoms with van der Waals surface area (Å²) in [4.78, 5) is 27.9. The third kappa shape index (κ3) is 5.53. The van der Waals surface area contributed by atoms with Crippen LogP contribution in [-0.4, -0.2) is 37.9 Å². The van der Waals surface area contributed by atoms with Gasteiger partial charge in [-0.1, -0.05) is 0 Å². The second-order valence-electron chi connectivity index (χ2n) is 5.38. The number of methoxy groups -OCH3 is 2. The van der Waals surface area contributed by atoms with Crippen LogP contribution < -0.4 is 10.1 Å². The van der Waals surface area contributed by atoms with Crippen molar-refractivity contribution in [2.24, 2.45) is 0 Å². The number of nitrogens with zero attached hydrogens (tertiary/aromatic N) is 1. The smallest absolute Gasteiger partial charge is 0.419 e. The lowest BCUT2D eigenvalue weighted by molar-refractivity contribution is -0.140. The molecule has 12 heteroatoms. The molecule has 1 heterocycles. The van der Waals surface area contributed by atoms with Crippen LogP contribution in [0.1, 0.15) is 26.4 Å². The number of rotatable bonds is 6. The molecule has 0 saturated carbocycles. The highest BCUT2D eigenvalue weighted by atomic mass is 127. The minimum absolute atomic E-state index is 0.100. The number of carbonyl (C=O) groups is 2. The molecule has 1 N–H and O–H groups in total. The second kappa shape index (κ2) is 9.35. The van der Waals surface area contributed by atoms with Crippen LogP contribution in [0.5, 0.6) is 5.75 Å². The topological polar surface area (TPSA) is 86.8 Å². The van der Waals surface area contributed by atoms with E-state index in [0.717, 1.165) is 13.2 Å². The normalized spacial score (nSPS) is 11.1. The number of hydrogen-bond donors (Lipinski definition) is 1. The van der Waals surface area contributed by atoms with Crippen molar-refractivity contribution in [1.29, 1.82) is 0 Å². The van der Waals surface area contributed by atoms with Crippen LogP contribution in [0.2, 0.25) is 0 Å². The van der Waals surface area contributed by atoms with Gasteiger partial charge in [-0.2, -0.15) is 13.2 Å². The second-order valence-corrected chi connectivity index (χ2v) is 6.54. The van der Waals surface area contributed by atoms with Crippen molar-refractivity contribution < 1.29 is 41.4 Å². The summed E-state index contributed by atoms with van der Waals surface area (Å²) in [6.07, 6.45) is -3.80. The van der Waals surface area contributed by atoms with E-state index in [1.54, 1.807) is 22.6 Å². The number of anilines is 1. The molecular weight excluding hydrogens is 515 g/mol. The van der Waals surface area contributed by atoms with Gasteiger partial charge >= 0.3 is 12.1 Å². The van der Waals surface area contributed by atoms with Crippen molar-refractivity contribution in [3.63, 3.8) is 0 Å². The predicted molar refractivity (Wildman–Crippen MR) is 100 cm³/mol. The number of pyridine rings is 1. The zero-order valence-electron chi connectivity index (χ0n) is 14.9. The minimum Gasteiger partial charge on any atom is -0.464 e. The monoisotopic (exact) mass is 528 g/mol. The lowest BCUT2D eigenvalue weighted by Gasteiger charge is -2.15. The summed E-state index contributed by atoms with van der Waals surface area (Å²) in [5.74, 6) is -4.23. The number of esters is 1. The number of carbonyl (C=O) groups excluding carboxylic acids is 2. The molecule has 7 nitrogen and oxygen atoms in total. The third-order valence-corrected chi connectivity index (χ3v) is 4.30. The Labute approximate surface area is 175 Å². The van der Waals surface area contributed by atoms with E-state index in [-0.39, 0.29) is 11.4 Å². The Morgan fingerprint density at radius 3 is 2.48 bits per heavy atom. The molecular formula is C17H13F4IN2O5. The van der Waals surface area contributed by atoms with Gasteiger partial charge in [-0.3, -0.25) is 4.79 Å². The average molecular weight is 528 g/mol. The molecule has 1 aromatic heterocycles. The number of halogens is 5. The molecule has 1 amide bonds. The lowest BCUT2D eigenvalue weighted by atomic mass is 10.1. The van der Waals surface area contributed by atoms with Crippen LogP contribution in [-0.2, 0) is 15.7 Å². The van der Waals surface area contributed by atoms with Gasteiger partial charge in [0.25, 0.3) is 5.91 Å². The molecule has 1 aromatic carbocycles. The predicted octanol–water partition coefficient (Wildman–Crippen LogP) is 3.87. The van der Waals surface area contributed by atoms with Crippen LogP contribution in [0, 0.1) is 9.39 Å². The number of hydrogen-bond acceptors (Lipinski definition) is 6. The maximum Gasteiger partial charge on any atom is 0.419 e. The van der Waals surface area contributed by atoms with Crippen LogP contribution >= 0.6 is 22.6 Å². The first-order chi connectivity index (χ1) is 13.6. The number of benzene rings is 1. The fraction of sp³-hybridized carbons (Fsp3) is 0.235. The van der Waals surface area contributed by atoms with E-state index in [9.17, 15) is 27.2 Å². The van der Waals surface area contributed by atoms with E-state index in [4.69, 9.17) is 4.74 Å². The number of nitrogens with one attached hydrogen (secondary N) is 1. The zero-order chi connectivity index (χ0) is 21.8. The molecule has 2 aromatic rings. The summed E-state index contributed by atoms with van der Waals surface area (Å²) in [6.45, 7) is -0.524. The van der Waals surface area contributed by atoms with E-state index in [2.05, 4.69) is 19.8 Å². The fourth-order valence-corrected chi connectivity index (χ4v) is 2.54. The Hall–Kier alpha value is -2.48. The van der Waals surface area contributed by atoms with Crippen LogP contribution in [0.4, 0.5) is 23.2 Å². The third-order valence-electron chi connectivity index (χ3n) is 3.44. The molecule has 0 spiro atoms. The quantitative estimate of drug-likeness (QED) is 0.265. The molecule has 0 fully saturated rings. The van der Waals surface area contributed by atoms with Gasteiger partial charge in [-0.25, -0.2) is 14.2 Å². The number of alkyl halides is 3. The van der Waals surface area contributed by atoms with E-state index in [1.807, 2.05) is 0 Å². The molecule has 0 aliphatic heterocycles. The molecule has 29 heavy (non-hydrogen) atoms. The Morgan fingerprint density at radius 2 is 1.90 bits per heavy atom. The molecule has 0 radical (unpaired) electrons. The van der Waals surface area contributed by atoms with Crippen molar-refractivity contribution in [2.45, 2.75) is 6.18 Å². The minimum atomic E-state index is -5.06. The van der Waals surface area contributed by atoms with Gasteiger partial charge in [0, 0.05) is 18.9 Å². The van der Waals surface area contributed by atoms with Gasteiger partial charge in [0.05, 0.1) is 21.9 Å². The van der Waals surface area contributed by atoms with Crippen molar-refractivity contribution in [3.8, 4) is 5.75 Å². The summed E-state index contributed by atoms with van der Waals surface area (Å²) in [5.41, 5.74) is -2.21. The molecule has 0 saturated heterocycles. The van der Waals surface area contributed by atoms with Crippen molar-refractivity contribution in [3.05, 3.63) is 50.6 Å². The van der Waals surface area contributed by atoms with E-state index >= 15 is 0 Å². The van der Waals surface area contributed by atoms with Gasteiger partial charge in [0.1, 0.15) is 5.69 Å². The van der Waals surface area contributed by atoms with Gasteiger partial charge in [0.2, 0.25) is 0 Å². The SMILES string of the molecule is COCOc1cc(C(=O)Nc2cc(C(=O)OC)ncc2I)cc(C(F)(F)F)c1F. The summed E-state index contributed by atoms with van der Waals surface area (Å²) < 4.78 is 67.8. The lowest BCUT2D eigenvalue weighted by Crippen LogP contribution is -2.18. The maximum absolute atomic E-state index is 14.1. The molecule has 2 rings (SSSR count). The zero-order valence-corrected chi connectivity index (χ0v) is 17.1. The van der Waals surface area contributed by atoms with E-state index in [1.165, 1.54) is 19.4 Å². The first-order valence-corrected chi connectivity index (χ1v) is 8.74. The van der Waals surface area contributed by atoms with E-state index in [0.29, 0.717) is 9.64 Å². The molecule has 156 valence electrons. The van der Waals surface area contributed by atoms with Gasteiger partial charge in [-0.05, 0) is 40.8 Å². The summed E-state index contributed by atoms with van der Waals surface area (Å²) >= 11 is 1.80. The standard InChI is InChI=1S/C17H13F4IN2O5/c1-27-7-29-13-4-8(3-9(14(13)18)17(19,20)21)15(25)24-11-5-12(16(26)28-2)23-6-10(11)22/h3-6H,7H2,1-2H3,(H,23,24,25). The number of ether oxygens (including phenoxy) is 3.